The van der Waals surface area contributed by atoms with Gasteiger partial charge in [0.15, 0.2) is 0 Å². The number of hydrogen-bond donors (Lipinski definition) is 0. The Morgan fingerprint density at radius 1 is 0.696 bits per heavy atom. The van der Waals surface area contributed by atoms with Crippen molar-refractivity contribution in [2.45, 2.75) is 69.0 Å². The quantitative estimate of drug-likeness (QED) is 0.180. The molecule has 3 atom stereocenters. The zero-order chi connectivity index (χ0) is 32.1. The van der Waals surface area contributed by atoms with Crippen LogP contribution in [0.25, 0.3) is 0 Å². The SMILES string of the molecule is FC(F)(F)c1cccc(CN(Cc2cccc(C(F)(F)F)c2)c2nnc(C3[C@H]4CN(C5CCC(c6ccccc6)CC5)C[C@@H]34)o2)c1. The number of rotatable bonds is 8. The molecule has 1 aromatic heterocycles. The van der Waals surface area contributed by atoms with Gasteiger partial charge in [0.2, 0.25) is 5.89 Å². The number of halogens is 6. The van der Waals surface area contributed by atoms with E-state index in [1.54, 1.807) is 12.1 Å². The van der Waals surface area contributed by atoms with E-state index in [1.165, 1.54) is 48.3 Å². The van der Waals surface area contributed by atoms with Crippen LogP contribution in [0.15, 0.2) is 83.3 Å². The lowest BCUT2D eigenvalue weighted by atomic mass is 9.81. The summed E-state index contributed by atoms with van der Waals surface area (Å²) in [5, 5.41) is 8.56. The van der Waals surface area contributed by atoms with Gasteiger partial charge in [0, 0.05) is 38.1 Å². The van der Waals surface area contributed by atoms with Gasteiger partial charge in [0.1, 0.15) is 0 Å². The minimum Gasteiger partial charge on any atom is -0.408 e. The summed E-state index contributed by atoms with van der Waals surface area (Å²) >= 11 is 0. The summed E-state index contributed by atoms with van der Waals surface area (Å²) in [7, 11) is 0. The highest BCUT2D eigenvalue weighted by Crippen LogP contribution is 2.59. The molecule has 1 unspecified atom stereocenters. The van der Waals surface area contributed by atoms with Crippen LogP contribution >= 0.6 is 0 Å². The van der Waals surface area contributed by atoms with Crippen LogP contribution in [0, 0.1) is 11.8 Å². The second-order valence-electron chi connectivity index (χ2n) is 12.9. The fraction of sp³-hybridized carbons (Fsp3) is 0.429. The van der Waals surface area contributed by atoms with Crippen molar-refractivity contribution < 1.29 is 30.8 Å². The van der Waals surface area contributed by atoms with E-state index in [0.717, 1.165) is 37.4 Å². The first-order chi connectivity index (χ1) is 22.0. The second kappa shape index (κ2) is 12.1. The molecule has 3 aromatic carbocycles. The number of anilines is 1. The molecule has 0 radical (unpaired) electrons. The third-order valence-corrected chi connectivity index (χ3v) is 9.95. The molecular weight excluding hydrogens is 606 g/mol. The van der Waals surface area contributed by atoms with E-state index in [2.05, 4.69) is 45.4 Å². The summed E-state index contributed by atoms with van der Waals surface area (Å²) in [6.07, 6.45) is -4.34. The fourth-order valence-corrected chi connectivity index (χ4v) is 7.54. The van der Waals surface area contributed by atoms with Crippen LogP contribution in [0.5, 0.6) is 0 Å². The first-order valence-electron chi connectivity index (χ1n) is 15.7. The van der Waals surface area contributed by atoms with Crippen molar-refractivity contribution in [3.63, 3.8) is 0 Å². The molecule has 1 aliphatic heterocycles. The average molecular weight is 641 g/mol. The molecule has 5 nitrogen and oxygen atoms in total. The van der Waals surface area contributed by atoms with E-state index in [4.69, 9.17) is 4.42 Å². The standard InChI is InChI=1S/C35H34F6N4O/c36-34(37,38)26-10-4-6-22(16-26)18-45(19-23-7-5-11-27(17-23)35(39,40)41)33-43-42-32(46-33)31-29-20-44(21-30(29)31)28-14-12-25(13-15-28)24-8-2-1-3-9-24/h1-11,16-17,25,28-31H,12-15,18-21H2/t25?,28?,29-,30+,31?. The number of aromatic nitrogens is 2. The Kier molecular flexibility index (Phi) is 8.07. The third kappa shape index (κ3) is 6.52. The number of piperidine rings is 1. The summed E-state index contributed by atoms with van der Waals surface area (Å²) in [5.74, 6) is 2.02. The molecule has 11 heteroatoms. The lowest BCUT2D eigenvalue weighted by Crippen LogP contribution is -2.38. The highest BCUT2D eigenvalue weighted by molar-refractivity contribution is 5.36. The second-order valence-corrected chi connectivity index (χ2v) is 12.9. The van der Waals surface area contributed by atoms with Crippen LogP contribution < -0.4 is 4.90 Å². The molecule has 242 valence electrons. The van der Waals surface area contributed by atoms with E-state index in [9.17, 15) is 26.3 Å². The van der Waals surface area contributed by atoms with Crippen LogP contribution in [0.4, 0.5) is 32.4 Å². The van der Waals surface area contributed by atoms with E-state index < -0.39 is 23.5 Å². The molecule has 3 aliphatic rings. The highest BCUT2D eigenvalue weighted by Gasteiger charge is 2.59. The zero-order valence-corrected chi connectivity index (χ0v) is 25.0. The maximum Gasteiger partial charge on any atom is 0.416 e. The summed E-state index contributed by atoms with van der Waals surface area (Å²) in [5.41, 5.74) is 0.455. The molecule has 7 rings (SSSR count). The molecule has 0 N–H and O–H groups in total. The van der Waals surface area contributed by atoms with E-state index in [1.807, 2.05) is 0 Å². The third-order valence-electron chi connectivity index (χ3n) is 9.95. The molecule has 0 spiro atoms. The van der Waals surface area contributed by atoms with Gasteiger partial charge in [-0.15, -0.1) is 5.10 Å². The van der Waals surface area contributed by atoms with E-state index >= 15 is 0 Å². The average Bonchev–Trinajstić information content (AvgIpc) is 3.36. The Bertz CT molecular complexity index is 1580. The van der Waals surface area contributed by atoms with E-state index in [0.29, 0.717) is 40.8 Å². The number of benzene rings is 3. The monoisotopic (exact) mass is 640 g/mol. The maximum absolute atomic E-state index is 13.4. The van der Waals surface area contributed by atoms with Gasteiger partial charge in [0.25, 0.3) is 0 Å². The predicted molar refractivity (Wildman–Crippen MR) is 160 cm³/mol. The van der Waals surface area contributed by atoms with Crippen molar-refractivity contribution >= 4 is 6.01 Å². The fourth-order valence-electron chi connectivity index (χ4n) is 7.54. The Labute approximate surface area is 263 Å². The van der Waals surface area contributed by atoms with Gasteiger partial charge in [-0.3, -0.25) is 4.90 Å². The molecule has 2 aliphatic carbocycles. The van der Waals surface area contributed by atoms with Crippen molar-refractivity contribution in [2.24, 2.45) is 11.8 Å². The van der Waals surface area contributed by atoms with E-state index in [-0.39, 0.29) is 25.0 Å². The number of alkyl halides is 6. The van der Waals surface area contributed by atoms with Crippen molar-refractivity contribution in [3.8, 4) is 0 Å². The molecule has 0 bridgehead atoms. The van der Waals surface area contributed by atoms with Gasteiger partial charge >= 0.3 is 18.4 Å². The van der Waals surface area contributed by atoms with Crippen molar-refractivity contribution in [1.82, 2.24) is 15.1 Å². The van der Waals surface area contributed by atoms with Crippen LogP contribution in [-0.4, -0.2) is 34.2 Å². The van der Waals surface area contributed by atoms with Gasteiger partial charge in [-0.1, -0.05) is 59.7 Å². The number of nitrogens with zero attached hydrogens (tertiary/aromatic N) is 4. The number of fused-ring (bicyclic) bond motifs is 1. The Balaban J connectivity index is 1.03. The lowest BCUT2D eigenvalue weighted by molar-refractivity contribution is -0.138. The topological polar surface area (TPSA) is 45.4 Å². The minimum atomic E-state index is -4.53. The van der Waals surface area contributed by atoms with Gasteiger partial charge in [0.05, 0.1) is 11.1 Å². The molecule has 4 aromatic rings. The summed E-state index contributed by atoms with van der Waals surface area (Å²) < 4.78 is 86.6. The van der Waals surface area contributed by atoms with Crippen molar-refractivity contribution in [3.05, 3.63) is 113 Å². The molecular formula is C35H34F6N4O. The van der Waals surface area contributed by atoms with Gasteiger partial charge in [-0.2, -0.15) is 26.3 Å². The van der Waals surface area contributed by atoms with Gasteiger partial charge in [-0.05, 0) is 84.4 Å². The van der Waals surface area contributed by atoms with Crippen LogP contribution in [0.3, 0.4) is 0 Å². The summed E-state index contributed by atoms with van der Waals surface area (Å²) in [6.45, 7) is 1.81. The molecule has 2 heterocycles. The first kappa shape index (κ1) is 30.8. The highest BCUT2D eigenvalue weighted by atomic mass is 19.4. The summed E-state index contributed by atoms with van der Waals surface area (Å²) in [4.78, 5) is 4.13. The molecule has 1 saturated heterocycles. The van der Waals surface area contributed by atoms with Crippen LogP contribution in [0.2, 0.25) is 0 Å². The Morgan fingerprint density at radius 2 is 1.26 bits per heavy atom. The van der Waals surface area contributed by atoms with Crippen molar-refractivity contribution in [1.29, 1.82) is 0 Å². The lowest BCUT2D eigenvalue weighted by Gasteiger charge is -2.36. The minimum absolute atomic E-state index is 0.0568. The Hall–Kier alpha value is -3.86. The van der Waals surface area contributed by atoms with Crippen LogP contribution in [-0.2, 0) is 25.4 Å². The number of hydrogen-bond acceptors (Lipinski definition) is 5. The molecule has 2 saturated carbocycles. The number of likely N-dealkylation sites (tertiary alicyclic amines) is 1. The Morgan fingerprint density at radius 3 is 1.80 bits per heavy atom. The summed E-state index contributed by atoms with van der Waals surface area (Å²) in [6, 6.07) is 21.1. The maximum atomic E-state index is 13.4. The smallest absolute Gasteiger partial charge is 0.408 e. The van der Waals surface area contributed by atoms with Crippen molar-refractivity contribution in [2.75, 3.05) is 18.0 Å². The molecule has 3 fully saturated rings. The molecule has 46 heavy (non-hydrogen) atoms. The van der Waals surface area contributed by atoms with Gasteiger partial charge in [-0.25, -0.2) is 0 Å². The zero-order valence-electron chi connectivity index (χ0n) is 25.0. The first-order valence-corrected chi connectivity index (χ1v) is 15.7. The molecule has 0 amide bonds. The van der Waals surface area contributed by atoms with Gasteiger partial charge < -0.3 is 9.32 Å². The predicted octanol–water partition coefficient (Wildman–Crippen LogP) is 8.69. The largest absolute Gasteiger partial charge is 0.416 e. The van der Waals surface area contributed by atoms with Crippen LogP contribution in [0.1, 0.15) is 71.2 Å². The normalized spacial score (nSPS) is 25.0.